The van der Waals surface area contributed by atoms with Gasteiger partial charge in [0.05, 0.1) is 0 Å². The fourth-order valence-electron chi connectivity index (χ4n) is 0.993. The van der Waals surface area contributed by atoms with Crippen LogP contribution in [0, 0.1) is 0 Å². The predicted octanol–water partition coefficient (Wildman–Crippen LogP) is -0.458. The van der Waals surface area contributed by atoms with E-state index < -0.39 is 9.84 Å². The molecule has 0 saturated heterocycles. The molecule has 0 saturated carbocycles. The van der Waals surface area contributed by atoms with Crippen LogP contribution in [0.3, 0.4) is 0 Å². The van der Waals surface area contributed by atoms with Gasteiger partial charge in [-0.3, -0.25) is 4.79 Å². The summed E-state index contributed by atoms with van der Waals surface area (Å²) in [4.78, 5) is 10.5. The van der Waals surface area contributed by atoms with Crippen molar-refractivity contribution in [2.24, 2.45) is 0 Å². The van der Waals surface area contributed by atoms with Crippen LogP contribution in [0.2, 0.25) is 0 Å². The van der Waals surface area contributed by atoms with Crippen molar-refractivity contribution in [2.45, 2.75) is 25.0 Å². The van der Waals surface area contributed by atoms with Crippen molar-refractivity contribution >= 4 is 15.7 Å². The molecule has 0 unspecified atom stereocenters. The molecule has 1 amide bonds. The second-order valence-electron chi connectivity index (χ2n) is 3.32. The number of carbonyl (C=O) groups excluding carboxylic acids is 1. The maximum Gasteiger partial charge on any atom is 0.335 e. The Morgan fingerprint density at radius 1 is 1.44 bits per heavy atom. The number of carbonyl (C=O) groups is 1. The first-order chi connectivity index (χ1) is 7.39. The fraction of sp³-hybridized carbons (Fsp3) is 0.625. The van der Waals surface area contributed by atoms with Crippen LogP contribution in [0.25, 0.3) is 0 Å². The Kier molecular flexibility index (Phi) is 3.99. The third-order valence-corrected chi connectivity index (χ3v) is 2.51. The third kappa shape index (κ3) is 3.97. The smallest absolute Gasteiger partial charge is 0.335 e. The maximum absolute atomic E-state index is 11.0. The second kappa shape index (κ2) is 5.06. The predicted molar refractivity (Wildman–Crippen MR) is 54.4 cm³/mol. The Hall–Kier alpha value is -1.44. The van der Waals surface area contributed by atoms with Crippen LogP contribution in [0.1, 0.15) is 19.2 Å². The van der Waals surface area contributed by atoms with Crippen LogP contribution in [-0.2, 0) is 21.1 Å². The van der Waals surface area contributed by atoms with Crippen molar-refractivity contribution in [3.63, 3.8) is 0 Å². The number of aromatic nitrogens is 2. The van der Waals surface area contributed by atoms with E-state index in [9.17, 15) is 13.2 Å². The minimum Gasteiger partial charge on any atom is -0.413 e. The Morgan fingerprint density at radius 3 is 2.62 bits per heavy atom. The number of amides is 1. The zero-order valence-electron chi connectivity index (χ0n) is 9.06. The van der Waals surface area contributed by atoms with E-state index >= 15 is 0 Å². The van der Waals surface area contributed by atoms with Crippen molar-refractivity contribution in [1.82, 2.24) is 15.5 Å². The van der Waals surface area contributed by atoms with E-state index in [0.717, 1.165) is 6.26 Å². The van der Waals surface area contributed by atoms with Gasteiger partial charge >= 0.3 is 5.22 Å². The summed E-state index contributed by atoms with van der Waals surface area (Å²) >= 11 is 0. The number of aryl methyl sites for hydroxylation is 1. The molecule has 0 aromatic carbocycles. The molecule has 0 bridgehead atoms. The van der Waals surface area contributed by atoms with E-state index in [-0.39, 0.29) is 17.0 Å². The molecular formula is C8H13N3O4S. The summed E-state index contributed by atoms with van der Waals surface area (Å²) in [5.41, 5.74) is 0. The lowest BCUT2D eigenvalue weighted by molar-refractivity contribution is -0.118. The van der Waals surface area contributed by atoms with Gasteiger partial charge in [-0.25, -0.2) is 8.42 Å². The third-order valence-electron chi connectivity index (χ3n) is 1.71. The van der Waals surface area contributed by atoms with Crippen molar-refractivity contribution in [3.8, 4) is 0 Å². The van der Waals surface area contributed by atoms with Crippen LogP contribution >= 0.6 is 0 Å². The van der Waals surface area contributed by atoms with Crippen LogP contribution in [0.4, 0.5) is 0 Å². The van der Waals surface area contributed by atoms with Crippen LogP contribution in [0.15, 0.2) is 9.64 Å². The number of nitrogens with one attached hydrogen (secondary N) is 1. The van der Waals surface area contributed by atoms with E-state index in [2.05, 4.69) is 15.5 Å². The van der Waals surface area contributed by atoms with Crippen LogP contribution < -0.4 is 5.32 Å². The van der Waals surface area contributed by atoms with Gasteiger partial charge in [0.1, 0.15) is 0 Å². The zero-order valence-corrected chi connectivity index (χ0v) is 9.87. The number of hydrogen-bond acceptors (Lipinski definition) is 6. The highest BCUT2D eigenvalue weighted by Gasteiger charge is 2.15. The van der Waals surface area contributed by atoms with Gasteiger partial charge in [-0.15, -0.1) is 5.10 Å². The summed E-state index contributed by atoms with van der Waals surface area (Å²) < 4.78 is 27.0. The van der Waals surface area contributed by atoms with Gasteiger partial charge in [-0.2, -0.15) is 0 Å². The lowest BCUT2D eigenvalue weighted by Crippen LogP contribution is -2.21. The second-order valence-corrected chi connectivity index (χ2v) is 5.21. The Bertz CT molecular complexity index is 465. The average molecular weight is 247 g/mol. The van der Waals surface area contributed by atoms with Gasteiger partial charge in [0.15, 0.2) is 0 Å². The Morgan fingerprint density at radius 2 is 2.12 bits per heavy atom. The molecule has 0 spiro atoms. The first-order valence-electron chi connectivity index (χ1n) is 4.66. The average Bonchev–Trinajstić information content (AvgIpc) is 2.59. The molecule has 0 fully saturated rings. The van der Waals surface area contributed by atoms with E-state index in [4.69, 9.17) is 4.42 Å². The van der Waals surface area contributed by atoms with E-state index in [1.165, 1.54) is 6.92 Å². The molecule has 0 aliphatic heterocycles. The molecule has 16 heavy (non-hydrogen) atoms. The summed E-state index contributed by atoms with van der Waals surface area (Å²) in [5.74, 6) is 0.146. The standard InChI is InChI=1S/C8H13N3O4S/c1-6(12)9-5-3-4-7-10-11-8(15-7)16(2,13)14/h3-5H2,1-2H3,(H,9,12). The number of hydrogen-bond donors (Lipinski definition) is 1. The largest absolute Gasteiger partial charge is 0.413 e. The number of rotatable bonds is 5. The summed E-state index contributed by atoms with van der Waals surface area (Å²) in [5, 5.41) is 9.23. The van der Waals surface area contributed by atoms with Crippen molar-refractivity contribution in [1.29, 1.82) is 0 Å². The molecule has 1 N–H and O–H groups in total. The summed E-state index contributed by atoms with van der Waals surface area (Å²) in [6.07, 6.45) is 2.05. The molecule has 0 aliphatic carbocycles. The van der Waals surface area contributed by atoms with E-state index in [1.54, 1.807) is 0 Å². The normalized spacial score (nSPS) is 11.4. The molecular weight excluding hydrogens is 234 g/mol. The highest BCUT2D eigenvalue weighted by molar-refractivity contribution is 7.90. The Balaban J connectivity index is 2.44. The van der Waals surface area contributed by atoms with Gasteiger partial charge in [-0.1, -0.05) is 5.10 Å². The molecule has 90 valence electrons. The van der Waals surface area contributed by atoms with Crippen LogP contribution in [-0.4, -0.2) is 37.3 Å². The highest BCUT2D eigenvalue weighted by atomic mass is 32.2. The fourth-order valence-corrected chi connectivity index (χ4v) is 1.43. The molecule has 0 aliphatic rings. The first kappa shape index (κ1) is 12.6. The molecule has 1 rings (SSSR count). The molecule has 8 heteroatoms. The van der Waals surface area contributed by atoms with Crippen molar-refractivity contribution in [3.05, 3.63) is 5.89 Å². The molecule has 1 aromatic rings. The first-order valence-corrected chi connectivity index (χ1v) is 6.55. The maximum atomic E-state index is 11.0. The molecule has 1 aromatic heterocycles. The van der Waals surface area contributed by atoms with Gasteiger partial charge in [-0.05, 0) is 6.42 Å². The SMILES string of the molecule is CC(=O)NCCCc1nnc(S(C)(=O)=O)o1. The quantitative estimate of drug-likeness (QED) is 0.706. The summed E-state index contributed by atoms with van der Waals surface area (Å²) in [6, 6.07) is 0. The Labute approximate surface area is 93.2 Å². The zero-order chi connectivity index (χ0) is 12.2. The molecule has 1 heterocycles. The lowest BCUT2D eigenvalue weighted by Gasteiger charge is -1.98. The molecule has 7 nitrogen and oxygen atoms in total. The highest BCUT2D eigenvalue weighted by Crippen LogP contribution is 2.07. The van der Waals surface area contributed by atoms with Gasteiger partial charge < -0.3 is 9.73 Å². The number of sulfone groups is 1. The van der Waals surface area contributed by atoms with Gasteiger partial charge in [0, 0.05) is 26.1 Å². The van der Waals surface area contributed by atoms with Gasteiger partial charge in [0.25, 0.3) is 0 Å². The molecule has 0 radical (unpaired) electrons. The minimum absolute atomic E-state index is 0.109. The van der Waals surface area contributed by atoms with Crippen LogP contribution in [0.5, 0.6) is 0 Å². The minimum atomic E-state index is -3.44. The number of nitrogens with zero attached hydrogens (tertiary/aromatic N) is 2. The molecule has 0 atom stereocenters. The van der Waals surface area contributed by atoms with E-state index in [0.29, 0.717) is 19.4 Å². The van der Waals surface area contributed by atoms with Crippen molar-refractivity contribution < 1.29 is 17.6 Å². The summed E-state index contributed by atoms with van der Waals surface area (Å²) in [7, 11) is -3.44. The lowest BCUT2D eigenvalue weighted by atomic mass is 10.3. The van der Waals surface area contributed by atoms with Gasteiger partial charge in [0.2, 0.25) is 21.6 Å². The summed E-state index contributed by atoms with van der Waals surface area (Å²) in [6.45, 7) is 1.92. The van der Waals surface area contributed by atoms with E-state index in [1.807, 2.05) is 0 Å². The monoisotopic (exact) mass is 247 g/mol. The topological polar surface area (TPSA) is 102 Å². The van der Waals surface area contributed by atoms with Crippen molar-refractivity contribution in [2.75, 3.05) is 12.8 Å².